The molecular formula is C23H25ClFN3O2. The van der Waals surface area contributed by atoms with Gasteiger partial charge in [-0.05, 0) is 68.2 Å². The van der Waals surface area contributed by atoms with Crippen molar-refractivity contribution in [2.45, 2.75) is 32.2 Å². The highest BCUT2D eigenvalue weighted by Gasteiger charge is 2.29. The van der Waals surface area contributed by atoms with Gasteiger partial charge < -0.3 is 15.5 Å². The average molecular weight is 430 g/mol. The summed E-state index contributed by atoms with van der Waals surface area (Å²) in [6, 6.07) is 8.62. The van der Waals surface area contributed by atoms with Gasteiger partial charge in [0.05, 0.1) is 0 Å². The number of benzene rings is 2. The summed E-state index contributed by atoms with van der Waals surface area (Å²) in [4.78, 5) is 17.4. The van der Waals surface area contributed by atoms with Gasteiger partial charge in [0.2, 0.25) is 5.91 Å². The summed E-state index contributed by atoms with van der Waals surface area (Å²) in [7, 11) is 0. The van der Waals surface area contributed by atoms with Crippen molar-refractivity contribution in [1.29, 1.82) is 0 Å². The summed E-state index contributed by atoms with van der Waals surface area (Å²) in [6.07, 6.45) is 4.46. The lowest BCUT2D eigenvalue weighted by Gasteiger charge is -2.35. The van der Waals surface area contributed by atoms with Crippen molar-refractivity contribution < 1.29 is 13.9 Å². The molecule has 0 spiro atoms. The third-order valence-electron chi connectivity index (χ3n) is 5.88. The number of fused-ring (bicyclic) bond motifs is 2. The largest absolute Gasteiger partial charge is 0.489 e. The van der Waals surface area contributed by atoms with Crippen LogP contribution >= 0.6 is 11.6 Å². The van der Waals surface area contributed by atoms with Gasteiger partial charge in [0.1, 0.15) is 6.61 Å². The first kappa shape index (κ1) is 20.7. The quantitative estimate of drug-likeness (QED) is 0.587. The topological polar surface area (TPSA) is 71.3 Å². The fraction of sp³-hybridized carbons (Fsp3) is 0.348. The second kappa shape index (κ2) is 8.66. The number of aromatic nitrogens is 1. The molecule has 158 valence electrons. The molecule has 3 aromatic rings. The number of rotatable bonds is 7. The van der Waals surface area contributed by atoms with Crippen LogP contribution in [0.15, 0.2) is 36.5 Å². The van der Waals surface area contributed by atoms with E-state index in [1.165, 1.54) is 17.7 Å². The molecule has 5 nitrogen and oxygen atoms in total. The monoisotopic (exact) mass is 429 g/mol. The number of halogens is 2. The molecule has 1 aliphatic rings. The number of carbonyl (C=O) groups is 1. The van der Waals surface area contributed by atoms with E-state index in [9.17, 15) is 9.18 Å². The van der Waals surface area contributed by atoms with Gasteiger partial charge in [-0.15, -0.1) is 0 Å². The Morgan fingerprint density at radius 2 is 2.20 bits per heavy atom. The van der Waals surface area contributed by atoms with Crippen LogP contribution in [-0.4, -0.2) is 41.5 Å². The second-order valence-corrected chi connectivity index (χ2v) is 8.11. The van der Waals surface area contributed by atoms with Crippen molar-refractivity contribution in [3.8, 4) is 5.75 Å². The minimum Gasteiger partial charge on any atom is -0.489 e. The number of aromatic amines is 1. The molecule has 0 bridgehead atoms. The van der Waals surface area contributed by atoms with Crippen LogP contribution < -0.4 is 10.5 Å². The highest BCUT2D eigenvalue weighted by molar-refractivity contribution is 6.31. The number of carbonyl (C=O) groups excluding carboxylic acids is 1. The lowest BCUT2D eigenvalue weighted by atomic mass is 9.95. The van der Waals surface area contributed by atoms with E-state index in [0.717, 1.165) is 41.9 Å². The number of amides is 1. The molecule has 2 heterocycles. The van der Waals surface area contributed by atoms with Crippen molar-refractivity contribution in [1.82, 2.24) is 9.88 Å². The first-order chi connectivity index (χ1) is 14.5. The molecule has 7 heteroatoms. The number of likely N-dealkylation sites (N-methyl/N-ethyl adjacent to an activating group) is 1. The predicted molar refractivity (Wildman–Crippen MR) is 117 cm³/mol. The zero-order valence-electron chi connectivity index (χ0n) is 16.9. The standard InChI is InChI=1S/C23H25ClFN3O2/c1-2-28(9-3-4-14-12-27-21-8-5-15(24)10-18(14)21)16-11-19-17(23(26)29)6-7-20(25)22(19)30-13-16/h5-8,10,12,16,27H,2-4,9,11,13H2,1H3,(H2,26,29). The van der Waals surface area contributed by atoms with E-state index in [2.05, 4.69) is 16.8 Å². The van der Waals surface area contributed by atoms with Crippen LogP contribution in [0.5, 0.6) is 5.75 Å². The van der Waals surface area contributed by atoms with Gasteiger partial charge in [-0.1, -0.05) is 18.5 Å². The number of nitrogens with zero attached hydrogens (tertiary/aromatic N) is 1. The highest BCUT2D eigenvalue weighted by atomic mass is 35.5. The molecule has 1 amide bonds. The van der Waals surface area contributed by atoms with Gasteiger partial charge in [0.25, 0.3) is 0 Å². The number of ether oxygens (including phenoxy) is 1. The molecular weight excluding hydrogens is 405 g/mol. The summed E-state index contributed by atoms with van der Waals surface area (Å²) >= 11 is 6.15. The molecule has 4 rings (SSSR count). The molecule has 0 saturated heterocycles. The Kier molecular flexibility index (Phi) is 5.97. The zero-order chi connectivity index (χ0) is 21.3. The van der Waals surface area contributed by atoms with Crippen LogP contribution in [0.25, 0.3) is 10.9 Å². The van der Waals surface area contributed by atoms with Crippen molar-refractivity contribution >= 4 is 28.4 Å². The zero-order valence-corrected chi connectivity index (χ0v) is 17.6. The number of nitrogens with one attached hydrogen (secondary N) is 1. The van der Waals surface area contributed by atoms with Gasteiger partial charge in [-0.25, -0.2) is 4.39 Å². The number of hydrogen-bond donors (Lipinski definition) is 2. The van der Waals surface area contributed by atoms with E-state index in [1.807, 2.05) is 24.4 Å². The van der Waals surface area contributed by atoms with Gasteiger partial charge in [0.15, 0.2) is 11.6 Å². The second-order valence-electron chi connectivity index (χ2n) is 7.67. The molecule has 1 unspecified atom stereocenters. The molecule has 1 atom stereocenters. The molecule has 2 aromatic carbocycles. The van der Waals surface area contributed by atoms with Crippen LogP contribution in [-0.2, 0) is 12.8 Å². The highest BCUT2D eigenvalue weighted by Crippen LogP contribution is 2.32. The number of nitrogens with two attached hydrogens (primary N) is 1. The first-order valence-corrected chi connectivity index (χ1v) is 10.6. The van der Waals surface area contributed by atoms with Crippen LogP contribution in [0.2, 0.25) is 5.02 Å². The molecule has 0 radical (unpaired) electrons. The lowest BCUT2D eigenvalue weighted by Crippen LogP contribution is -2.44. The van der Waals surface area contributed by atoms with Gasteiger partial charge in [-0.2, -0.15) is 0 Å². The number of hydrogen-bond acceptors (Lipinski definition) is 3. The van der Waals surface area contributed by atoms with Crippen LogP contribution in [0.4, 0.5) is 4.39 Å². The maximum absolute atomic E-state index is 14.1. The normalized spacial score (nSPS) is 15.9. The molecule has 1 aliphatic heterocycles. The number of aryl methyl sites for hydroxylation is 1. The molecule has 3 N–H and O–H groups in total. The van der Waals surface area contributed by atoms with Crippen LogP contribution in [0, 0.1) is 5.82 Å². The summed E-state index contributed by atoms with van der Waals surface area (Å²) in [5, 5.41) is 1.89. The Morgan fingerprint density at radius 3 is 2.97 bits per heavy atom. The molecule has 0 aliphatic carbocycles. The van der Waals surface area contributed by atoms with E-state index in [1.54, 1.807) is 0 Å². The van der Waals surface area contributed by atoms with Gasteiger partial charge in [0, 0.05) is 39.3 Å². The molecule has 0 fully saturated rings. The minimum atomic E-state index is -0.559. The molecule has 30 heavy (non-hydrogen) atoms. The van der Waals surface area contributed by atoms with Crippen molar-refractivity contribution in [2.24, 2.45) is 5.73 Å². The van der Waals surface area contributed by atoms with E-state index < -0.39 is 11.7 Å². The fourth-order valence-electron chi connectivity index (χ4n) is 4.33. The Hall–Kier alpha value is -2.57. The van der Waals surface area contributed by atoms with Crippen molar-refractivity contribution in [3.05, 3.63) is 64.1 Å². The maximum Gasteiger partial charge on any atom is 0.249 e. The van der Waals surface area contributed by atoms with Crippen LogP contribution in [0.1, 0.15) is 34.8 Å². The first-order valence-electron chi connectivity index (χ1n) is 10.2. The van der Waals surface area contributed by atoms with E-state index in [-0.39, 0.29) is 11.8 Å². The predicted octanol–water partition coefficient (Wildman–Crippen LogP) is 4.32. The summed E-state index contributed by atoms with van der Waals surface area (Å²) < 4.78 is 19.9. The number of primary amides is 1. The van der Waals surface area contributed by atoms with Crippen molar-refractivity contribution in [2.75, 3.05) is 19.7 Å². The third-order valence-corrected chi connectivity index (χ3v) is 6.12. The smallest absolute Gasteiger partial charge is 0.249 e. The van der Waals surface area contributed by atoms with E-state index in [4.69, 9.17) is 22.1 Å². The molecule has 0 saturated carbocycles. The Bertz CT molecular complexity index is 1080. The van der Waals surface area contributed by atoms with E-state index >= 15 is 0 Å². The maximum atomic E-state index is 14.1. The fourth-order valence-corrected chi connectivity index (χ4v) is 4.50. The Labute approximate surface area is 180 Å². The SMILES string of the molecule is CCN(CCCc1c[nH]c2ccc(Cl)cc12)C1COc2c(F)ccc(C(N)=O)c2C1. The Balaban J connectivity index is 1.44. The minimum absolute atomic E-state index is 0.0693. The lowest BCUT2D eigenvalue weighted by molar-refractivity contribution is 0.0987. The number of H-pyrrole nitrogens is 1. The summed E-state index contributed by atoms with van der Waals surface area (Å²) in [5.74, 6) is -0.847. The van der Waals surface area contributed by atoms with Gasteiger partial charge in [-0.3, -0.25) is 9.69 Å². The van der Waals surface area contributed by atoms with Crippen LogP contribution in [0.3, 0.4) is 0 Å². The van der Waals surface area contributed by atoms with Crippen molar-refractivity contribution in [3.63, 3.8) is 0 Å². The van der Waals surface area contributed by atoms with E-state index in [0.29, 0.717) is 24.2 Å². The van der Waals surface area contributed by atoms with Gasteiger partial charge >= 0.3 is 0 Å². The Morgan fingerprint density at radius 1 is 1.37 bits per heavy atom. The average Bonchev–Trinajstić information content (AvgIpc) is 3.13. The molecule has 1 aromatic heterocycles. The summed E-state index contributed by atoms with van der Waals surface area (Å²) in [6.45, 7) is 4.20. The third kappa shape index (κ3) is 4.02. The summed E-state index contributed by atoms with van der Waals surface area (Å²) in [5.41, 5.74) is 8.72.